The van der Waals surface area contributed by atoms with Gasteiger partial charge >= 0.3 is 6.09 Å². The lowest BCUT2D eigenvalue weighted by Crippen LogP contribution is -2.25. The van der Waals surface area contributed by atoms with Gasteiger partial charge in [-0.05, 0) is 17.7 Å². The van der Waals surface area contributed by atoms with Gasteiger partial charge in [-0.3, -0.25) is 5.10 Å². The summed E-state index contributed by atoms with van der Waals surface area (Å²) >= 11 is 0. The number of methoxy groups -OCH3 is 1. The van der Waals surface area contributed by atoms with E-state index in [0.717, 1.165) is 5.56 Å². The van der Waals surface area contributed by atoms with Gasteiger partial charge in [0.1, 0.15) is 5.82 Å². The Morgan fingerprint density at radius 3 is 2.47 bits per heavy atom. The van der Waals surface area contributed by atoms with E-state index in [0.29, 0.717) is 29.4 Å². The second kappa shape index (κ2) is 8.16. The van der Waals surface area contributed by atoms with Gasteiger partial charge in [0.25, 0.3) is 5.88 Å². The zero-order valence-electron chi connectivity index (χ0n) is 16.8. The maximum Gasteiger partial charge on any atom is 0.415 e. The number of benzene rings is 2. The minimum Gasteiger partial charge on any atom is -0.493 e. The summed E-state index contributed by atoms with van der Waals surface area (Å²) in [6.45, 7) is 0. The number of H-pyrrole nitrogens is 1. The van der Waals surface area contributed by atoms with Crippen LogP contribution in [0.3, 0.4) is 0 Å². The van der Waals surface area contributed by atoms with Crippen LogP contribution in [-0.4, -0.2) is 52.0 Å². The third kappa shape index (κ3) is 3.90. The molecular weight excluding hydrogens is 386 g/mol. The Morgan fingerprint density at radius 1 is 1.07 bits per heavy atom. The lowest BCUT2D eigenvalue weighted by Gasteiger charge is -2.11. The molecule has 0 atom stereocenters. The standard InChI is InChI=1S/C21H21N5O4/c1-25(2)21(27)30-18-19-22-17(13-14-9-5-4-6-10-14)23-26(19)24-20(18)29-16-12-8-7-11-15(16)28-3/h4-12H,13H2,1-3H3,(H,22,23). The summed E-state index contributed by atoms with van der Waals surface area (Å²) in [7, 11) is 4.73. The molecule has 2 aromatic heterocycles. The van der Waals surface area contributed by atoms with E-state index in [1.54, 1.807) is 33.3 Å². The first-order valence-corrected chi connectivity index (χ1v) is 9.26. The highest BCUT2D eigenvalue weighted by Crippen LogP contribution is 2.37. The fourth-order valence-electron chi connectivity index (χ4n) is 2.84. The van der Waals surface area contributed by atoms with Crippen LogP contribution in [0.25, 0.3) is 5.65 Å². The zero-order chi connectivity index (χ0) is 21.1. The number of amides is 1. The van der Waals surface area contributed by atoms with Crippen molar-refractivity contribution in [1.29, 1.82) is 0 Å². The molecule has 4 aromatic rings. The van der Waals surface area contributed by atoms with Crippen LogP contribution in [0.2, 0.25) is 0 Å². The zero-order valence-corrected chi connectivity index (χ0v) is 16.8. The minimum absolute atomic E-state index is 0.0970. The number of rotatable bonds is 6. The largest absolute Gasteiger partial charge is 0.493 e. The van der Waals surface area contributed by atoms with Gasteiger partial charge < -0.3 is 19.1 Å². The smallest absolute Gasteiger partial charge is 0.415 e. The summed E-state index contributed by atoms with van der Waals surface area (Å²) in [6.07, 6.45) is 0.0101. The van der Waals surface area contributed by atoms with Crippen molar-refractivity contribution in [2.75, 3.05) is 21.2 Å². The van der Waals surface area contributed by atoms with E-state index in [1.165, 1.54) is 9.53 Å². The molecule has 0 aliphatic rings. The van der Waals surface area contributed by atoms with Gasteiger partial charge in [0.2, 0.25) is 11.4 Å². The molecular formula is C21H21N5O4. The molecule has 9 heteroatoms. The third-order valence-corrected chi connectivity index (χ3v) is 4.31. The van der Waals surface area contributed by atoms with Gasteiger partial charge in [-0.25, -0.2) is 9.78 Å². The van der Waals surface area contributed by atoms with Crippen LogP contribution in [0.15, 0.2) is 54.6 Å². The molecule has 4 rings (SSSR count). The number of para-hydroxylation sites is 2. The number of carbonyl (C=O) groups is 1. The Balaban J connectivity index is 1.71. The Bertz CT molecular complexity index is 1170. The Morgan fingerprint density at radius 2 is 1.77 bits per heavy atom. The normalized spacial score (nSPS) is 10.8. The molecule has 0 bridgehead atoms. The minimum atomic E-state index is -0.567. The average Bonchev–Trinajstić information content (AvgIpc) is 3.27. The summed E-state index contributed by atoms with van der Waals surface area (Å²) < 4.78 is 18.2. The topological polar surface area (TPSA) is 94.0 Å². The Kier molecular flexibility index (Phi) is 5.25. The molecule has 9 nitrogen and oxygen atoms in total. The number of aromatic amines is 1. The molecule has 0 unspecified atom stereocenters. The van der Waals surface area contributed by atoms with Gasteiger partial charge in [0, 0.05) is 20.5 Å². The van der Waals surface area contributed by atoms with Crippen LogP contribution in [0.5, 0.6) is 23.1 Å². The first-order chi connectivity index (χ1) is 14.5. The number of fused-ring (bicyclic) bond motifs is 1. The fraction of sp³-hybridized carbons (Fsp3) is 0.190. The predicted molar refractivity (Wildman–Crippen MR) is 109 cm³/mol. The molecule has 0 spiro atoms. The second-order valence-electron chi connectivity index (χ2n) is 6.72. The highest BCUT2D eigenvalue weighted by molar-refractivity contribution is 5.75. The molecule has 2 heterocycles. The summed E-state index contributed by atoms with van der Waals surface area (Å²) in [4.78, 5) is 18.1. The van der Waals surface area contributed by atoms with Crippen molar-refractivity contribution < 1.29 is 19.0 Å². The maximum absolute atomic E-state index is 12.2. The highest BCUT2D eigenvalue weighted by atomic mass is 16.6. The molecule has 2 aromatic carbocycles. The van der Waals surface area contributed by atoms with Gasteiger partial charge in [-0.15, -0.1) is 9.73 Å². The van der Waals surface area contributed by atoms with E-state index >= 15 is 0 Å². The van der Waals surface area contributed by atoms with Gasteiger partial charge in [0.15, 0.2) is 11.5 Å². The van der Waals surface area contributed by atoms with Crippen LogP contribution in [0, 0.1) is 0 Å². The van der Waals surface area contributed by atoms with Gasteiger partial charge in [0.05, 0.1) is 7.11 Å². The molecule has 154 valence electrons. The first-order valence-electron chi connectivity index (χ1n) is 9.26. The monoisotopic (exact) mass is 407 g/mol. The molecule has 0 saturated heterocycles. The SMILES string of the molecule is COc1ccccc1Oc1nn2[nH]c(Cc3ccccc3)nc2c1OC(=O)N(C)C. The van der Waals surface area contributed by atoms with Crippen molar-refractivity contribution in [2.24, 2.45) is 0 Å². The summed E-state index contributed by atoms with van der Waals surface area (Å²) in [5, 5.41) is 7.48. The van der Waals surface area contributed by atoms with Crippen LogP contribution in [0.4, 0.5) is 4.79 Å². The summed E-state index contributed by atoms with van der Waals surface area (Å²) in [5.41, 5.74) is 1.44. The Labute approximate surface area is 172 Å². The maximum atomic E-state index is 12.2. The van der Waals surface area contributed by atoms with E-state index < -0.39 is 6.09 Å². The molecule has 30 heavy (non-hydrogen) atoms. The third-order valence-electron chi connectivity index (χ3n) is 4.31. The molecule has 0 aliphatic carbocycles. The lowest BCUT2D eigenvalue weighted by molar-refractivity contribution is 0.171. The van der Waals surface area contributed by atoms with Crippen molar-refractivity contribution in [3.63, 3.8) is 0 Å². The van der Waals surface area contributed by atoms with E-state index in [2.05, 4.69) is 15.2 Å². The first kappa shape index (κ1) is 19.3. The number of nitrogens with zero attached hydrogens (tertiary/aromatic N) is 4. The number of hydrogen-bond donors (Lipinski definition) is 1. The summed E-state index contributed by atoms with van der Waals surface area (Å²) in [5.74, 6) is 1.86. The molecule has 0 radical (unpaired) electrons. The number of aromatic nitrogens is 4. The summed E-state index contributed by atoms with van der Waals surface area (Å²) in [6, 6.07) is 17.0. The van der Waals surface area contributed by atoms with Crippen LogP contribution >= 0.6 is 0 Å². The molecule has 0 saturated carbocycles. The van der Waals surface area contributed by atoms with Crippen molar-refractivity contribution >= 4 is 11.7 Å². The van der Waals surface area contributed by atoms with Crippen LogP contribution in [0.1, 0.15) is 11.4 Å². The van der Waals surface area contributed by atoms with Crippen molar-refractivity contribution in [1.82, 2.24) is 24.7 Å². The van der Waals surface area contributed by atoms with Gasteiger partial charge in [-0.2, -0.15) is 0 Å². The molecule has 0 aliphatic heterocycles. The Hall–Kier alpha value is -4.01. The molecule has 1 N–H and O–H groups in total. The van der Waals surface area contributed by atoms with Gasteiger partial charge in [-0.1, -0.05) is 42.5 Å². The number of nitrogens with one attached hydrogen (secondary N) is 1. The van der Waals surface area contributed by atoms with E-state index in [4.69, 9.17) is 14.2 Å². The van der Waals surface area contributed by atoms with Crippen molar-refractivity contribution in [2.45, 2.75) is 6.42 Å². The number of hydrogen-bond acceptors (Lipinski definition) is 6. The quantitative estimate of drug-likeness (QED) is 0.526. The van der Waals surface area contributed by atoms with E-state index in [-0.39, 0.29) is 11.6 Å². The number of carbonyl (C=O) groups excluding carboxylic acids is 1. The number of ether oxygens (including phenoxy) is 3. The van der Waals surface area contributed by atoms with E-state index in [1.807, 2.05) is 42.5 Å². The van der Waals surface area contributed by atoms with Crippen molar-refractivity contribution in [3.05, 3.63) is 66.0 Å². The van der Waals surface area contributed by atoms with E-state index in [9.17, 15) is 4.79 Å². The van der Waals surface area contributed by atoms with Crippen LogP contribution < -0.4 is 14.2 Å². The predicted octanol–water partition coefficient (Wildman–Crippen LogP) is 3.51. The molecule has 0 fully saturated rings. The highest BCUT2D eigenvalue weighted by Gasteiger charge is 2.24. The average molecular weight is 407 g/mol. The molecule has 1 amide bonds. The lowest BCUT2D eigenvalue weighted by atomic mass is 10.1. The van der Waals surface area contributed by atoms with Crippen LogP contribution in [-0.2, 0) is 6.42 Å². The fourth-order valence-corrected chi connectivity index (χ4v) is 2.84. The second-order valence-corrected chi connectivity index (χ2v) is 6.72. The van der Waals surface area contributed by atoms with Crippen molar-refractivity contribution in [3.8, 4) is 23.1 Å².